The Balaban J connectivity index is 0.000000197. The van der Waals surface area contributed by atoms with Gasteiger partial charge in [-0.05, 0) is 64.1 Å². The van der Waals surface area contributed by atoms with Gasteiger partial charge in [0.2, 0.25) is 0 Å². The summed E-state index contributed by atoms with van der Waals surface area (Å²) in [5, 5.41) is 8.95. The number of carboxylic acids is 1. The molecule has 0 saturated heterocycles. The van der Waals surface area contributed by atoms with Gasteiger partial charge in [0.15, 0.2) is 0 Å². The first-order valence-corrected chi connectivity index (χ1v) is 10.1. The smallest absolute Gasteiger partial charge is 0.303 e. The van der Waals surface area contributed by atoms with E-state index in [2.05, 4.69) is 13.8 Å². The van der Waals surface area contributed by atoms with Gasteiger partial charge in [-0.3, -0.25) is 9.35 Å². The quantitative estimate of drug-likeness (QED) is 0.545. The Kier molecular flexibility index (Phi) is 5.95. The summed E-state index contributed by atoms with van der Waals surface area (Å²) in [6, 6.07) is 5.99. The average molecular weight is 381 g/mol. The number of aliphatic carboxylic acids is 1. The lowest BCUT2D eigenvalue weighted by Crippen LogP contribution is -2.52. The summed E-state index contributed by atoms with van der Waals surface area (Å²) in [4.78, 5) is 10.8. The fourth-order valence-electron chi connectivity index (χ4n) is 4.41. The van der Waals surface area contributed by atoms with Gasteiger partial charge in [-0.25, -0.2) is 0 Å². The summed E-state index contributed by atoms with van der Waals surface area (Å²) in [6.07, 6.45) is 2.38. The molecule has 3 atom stereocenters. The van der Waals surface area contributed by atoms with Crippen LogP contribution in [-0.2, 0) is 14.9 Å². The van der Waals surface area contributed by atoms with Crippen molar-refractivity contribution in [1.29, 1.82) is 0 Å². The molecule has 0 heterocycles. The molecule has 0 aliphatic heterocycles. The van der Waals surface area contributed by atoms with Crippen molar-refractivity contribution < 1.29 is 22.9 Å². The van der Waals surface area contributed by atoms with E-state index >= 15 is 0 Å². The number of rotatable bonds is 4. The van der Waals surface area contributed by atoms with Crippen LogP contribution in [0.5, 0.6) is 0 Å². The first kappa shape index (κ1) is 20.6. The third-order valence-electron chi connectivity index (χ3n) is 5.74. The van der Waals surface area contributed by atoms with Crippen molar-refractivity contribution in [3.8, 4) is 0 Å². The van der Waals surface area contributed by atoms with Crippen LogP contribution in [0.25, 0.3) is 0 Å². The van der Waals surface area contributed by atoms with Crippen LogP contribution in [0.15, 0.2) is 40.3 Å². The number of carbonyl (C=O) groups is 1. The molecule has 3 rings (SSSR count). The van der Waals surface area contributed by atoms with E-state index in [-0.39, 0.29) is 16.7 Å². The summed E-state index contributed by atoms with van der Waals surface area (Å²) < 4.78 is 29.6. The van der Waals surface area contributed by atoms with E-state index in [1.54, 1.807) is 12.1 Å². The number of fused-ring (bicyclic) bond motifs is 1. The Morgan fingerprint density at radius 3 is 2.23 bits per heavy atom. The third kappa shape index (κ3) is 4.16. The maximum atomic E-state index is 10.9. The third-order valence-corrected chi connectivity index (χ3v) is 6.60. The predicted molar refractivity (Wildman–Crippen MR) is 99.3 cm³/mol. The van der Waals surface area contributed by atoms with Crippen LogP contribution in [0.4, 0.5) is 0 Å². The van der Waals surface area contributed by atoms with Crippen molar-refractivity contribution in [1.82, 2.24) is 0 Å². The highest BCUT2D eigenvalue weighted by Gasteiger charge is 2.56. The lowest BCUT2D eigenvalue weighted by Gasteiger charge is -2.52. The van der Waals surface area contributed by atoms with Crippen LogP contribution in [0.1, 0.15) is 38.7 Å². The van der Waals surface area contributed by atoms with E-state index in [0.717, 1.165) is 18.4 Å². The average Bonchev–Trinajstić information content (AvgIpc) is 2.75. The van der Waals surface area contributed by atoms with Crippen molar-refractivity contribution in [2.24, 2.45) is 23.0 Å². The zero-order chi connectivity index (χ0) is 19.7. The second kappa shape index (κ2) is 7.50. The number of hydrogen-bond donors (Lipinski definition) is 3. The van der Waals surface area contributed by atoms with Crippen LogP contribution >= 0.6 is 0 Å². The van der Waals surface area contributed by atoms with Crippen molar-refractivity contribution in [2.45, 2.75) is 44.9 Å². The molecule has 26 heavy (non-hydrogen) atoms. The molecule has 4 N–H and O–H groups in total. The van der Waals surface area contributed by atoms with Gasteiger partial charge in [-0.15, -0.1) is 0 Å². The summed E-state index contributed by atoms with van der Waals surface area (Å²) in [5.74, 6) is 0.405. The highest BCUT2D eigenvalue weighted by Crippen LogP contribution is 2.62. The maximum absolute atomic E-state index is 10.9. The minimum absolute atomic E-state index is 0.0666. The first-order valence-electron chi connectivity index (χ1n) is 8.62. The molecule has 6 nitrogen and oxygen atoms in total. The van der Waals surface area contributed by atoms with Gasteiger partial charge >= 0.3 is 5.97 Å². The molecule has 0 spiro atoms. The lowest BCUT2D eigenvalue weighted by atomic mass is 9.52. The van der Waals surface area contributed by atoms with E-state index < -0.39 is 16.1 Å². The Hall–Kier alpha value is -1.70. The fourth-order valence-corrected chi connectivity index (χ4v) is 4.89. The Morgan fingerprint density at radius 1 is 1.23 bits per heavy atom. The molecule has 0 amide bonds. The zero-order valence-electron chi connectivity index (χ0n) is 15.4. The minimum atomic E-state index is -4.02. The van der Waals surface area contributed by atoms with Crippen LogP contribution in [-0.4, -0.2) is 30.6 Å². The molecule has 0 radical (unpaired) electrons. The first-order chi connectivity index (χ1) is 12.0. The van der Waals surface area contributed by atoms with Gasteiger partial charge in [-0.1, -0.05) is 28.8 Å². The molecule has 1 aromatic carbocycles. The second-order valence-electron chi connectivity index (χ2n) is 7.53. The van der Waals surface area contributed by atoms with Gasteiger partial charge in [0.25, 0.3) is 10.1 Å². The van der Waals surface area contributed by atoms with Crippen molar-refractivity contribution in [2.75, 3.05) is 6.54 Å². The molecular formula is C19H27NO5S. The van der Waals surface area contributed by atoms with Gasteiger partial charge in [-0.2, -0.15) is 8.42 Å². The molecule has 2 aliphatic rings. The summed E-state index contributed by atoms with van der Waals surface area (Å²) >= 11 is 0. The normalized spacial score (nSPS) is 27.3. The standard InChI is InChI=1S/C12H19NO2.C7H8O3S/c1-7-3-9-4-12(6-13,5-10(14)15)11(9)8(7)2;1-6-2-4-7(5-3-6)11(8,9)10/h9,11H,3-6,13H2,1-2H3,(H,14,15);2-5H,1H3,(H,8,9,10)/t9-,11-,12-;/m0./s1. The van der Waals surface area contributed by atoms with Gasteiger partial charge in [0.1, 0.15) is 0 Å². The Morgan fingerprint density at radius 2 is 1.81 bits per heavy atom. The van der Waals surface area contributed by atoms with Gasteiger partial charge in [0.05, 0.1) is 11.3 Å². The molecule has 144 valence electrons. The summed E-state index contributed by atoms with van der Waals surface area (Å²) in [6.45, 7) is 6.65. The highest BCUT2D eigenvalue weighted by molar-refractivity contribution is 7.85. The van der Waals surface area contributed by atoms with Crippen molar-refractivity contribution >= 4 is 16.1 Å². The zero-order valence-corrected chi connectivity index (χ0v) is 16.2. The molecule has 0 aromatic heterocycles. The highest BCUT2D eigenvalue weighted by atomic mass is 32.2. The minimum Gasteiger partial charge on any atom is -0.481 e. The van der Waals surface area contributed by atoms with E-state index in [1.165, 1.54) is 23.3 Å². The number of nitrogens with two attached hydrogens (primary N) is 1. The molecule has 1 aromatic rings. The summed E-state index contributed by atoms with van der Waals surface area (Å²) in [7, 11) is -4.02. The van der Waals surface area contributed by atoms with Crippen LogP contribution in [0.3, 0.4) is 0 Å². The lowest BCUT2D eigenvalue weighted by molar-refractivity contribution is -0.144. The van der Waals surface area contributed by atoms with Crippen LogP contribution in [0, 0.1) is 24.2 Å². The van der Waals surface area contributed by atoms with E-state index in [1.807, 2.05) is 6.92 Å². The van der Waals surface area contributed by atoms with Crippen LogP contribution in [0.2, 0.25) is 0 Å². The Labute approximate surface area is 154 Å². The summed E-state index contributed by atoms with van der Waals surface area (Å²) in [5.41, 5.74) is 9.46. The molecule has 2 aliphatic carbocycles. The van der Waals surface area contributed by atoms with Crippen molar-refractivity contribution in [3.05, 3.63) is 41.0 Å². The van der Waals surface area contributed by atoms with Crippen molar-refractivity contribution in [3.63, 3.8) is 0 Å². The van der Waals surface area contributed by atoms with Gasteiger partial charge < -0.3 is 10.8 Å². The second-order valence-corrected chi connectivity index (χ2v) is 8.96. The molecule has 0 unspecified atom stereocenters. The maximum Gasteiger partial charge on any atom is 0.303 e. The monoisotopic (exact) mass is 381 g/mol. The van der Waals surface area contributed by atoms with E-state index in [9.17, 15) is 13.2 Å². The number of hydrogen-bond acceptors (Lipinski definition) is 4. The number of aryl methyl sites for hydroxylation is 1. The molecular weight excluding hydrogens is 354 g/mol. The van der Waals surface area contributed by atoms with Crippen LogP contribution < -0.4 is 5.73 Å². The van der Waals surface area contributed by atoms with E-state index in [4.69, 9.17) is 15.4 Å². The number of benzene rings is 1. The largest absolute Gasteiger partial charge is 0.481 e. The fraction of sp³-hybridized carbons (Fsp3) is 0.526. The molecule has 1 saturated carbocycles. The predicted octanol–water partition coefficient (Wildman–Crippen LogP) is 3.02. The Bertz CT molecular complexity index is 813. The topological polar surface area (TPSA) is 118 Å². The van der Waals surface area contributed by atoms with E-state index in [0.29, 0.717) is 18.4 Å². The molecule has 0 bridgehead atoms. The number of carboxylic acid groups (broad SMARTS) is 1. The molecule has 7 heteroatoms. The van der Waals surface area contributed by atoms with Gasteiger partial charge in [0, 0.05) is 5.41 Å². The molecule has 1 fully saturated rings. The SMILES string of the molecule is CC1=C(C)[C@H]2[C@@H](C1)C[C@@]2(CN)CC(=O)O.Cc1ccc(S(=O)(=O)O)cc1. The number of allylic oxidation sites excluding steroid dienone is 2.